The van der Waals surface area contributed by atoms with Gasteiger partial charge in [0.15, 0.2) is 0 Å². The Balaban J connectivity index is 1.46. The number of aromatic amines is 1. The zero-order valence-electron chi connectivity index (χ0n) is 20.1. The molecular weight excluding hydrogens is 495 g/mol. The van der Waals surface area contributed by atoms with Crippen molar-refractivity contribution in [3.63, 3.8) is 0 Å². The second-order valence-corrected chi connectivity index (χ2v) is 8.35. The van der Waals surface area contributed by atoms with E-state index >= 15 is 0 Å². The number of rotatable bonds is 8. The highest BCUT2D eigenvalue weighted by atomic mass is 19.1. The van der Waals surface area contributed by atoms with Crippen LogP contribution in [0.2, 0.25) is 0 Å². The van der Waals surface area contributed by atoms with Gasteiger partial charge < -0.3 is 20.9 Å². The fraction of sp³-hybridized carbons (Fsp3) is 0.160. The molecule has 0 radical (unpaired) electrons. The molecule has 0 saturated carbocycles. The first kappa shape index (κ1) is 25.9. The molecule has 5 amide bonds. The molecule has 1 aliphatic rings. The monoisotopic (exact) mass is 518 g/mol. The summed E-state index contributed by atoms with van der Waals surface area (Å²) in [5.74, 6) is -1.99. The van der Waals surface area contributed by atoms with Crippen LogP contribution in [0.3, 0.4) is 0 Å². The number of aromatic nitrogens is 2. The van der Waals surface area contributed by atoms with Crippen LogP contribution in [0.25, 0.3) is 0 Å². The zero-order chi connectivity index (χ0) is 27.2. The van der Waals surface area contributed by atoms with Gasteiger partial charge in [-0.2, -0.15) is 0 Å². The molecule has 2 aromatic carbocycles. The van der Waals surface area contributed by atoms with Gasteiger partial charge in [-0.05, 0) is 41.3 Å². The van der Waals surface area contributed by atoms with Crippen LogP contribution < -0.4 is 26.9 Å². The Morgan fingerprint density at radius 2 is 1.82 bits per heavy atom. The van der Waals surface area contributed by atoms with E-state index in [4.69, 9.17) is 5.41 Å². The summed E-state index contributed by atoms with van der Waals surface area (Å²) in [6, 6.07) is 11.1. The van der Waals surface area contributed by atoms with Gasteiger partial charge in [0.2, 0.25) is 5.62 Å². The van der Waals surface area contributed by atoms with Crippen molar-refractivity contribution >= 4 is 30.1 Å². The minimum absolute atomic E-state index is 0.0189. The molecule has 0 spiro atoms. The standard InChI is InChI=1S/C25H23FN8O4/c1-13-7-15(5-6-17(13)26)11-29-22(36)19-9-18(31-24(32-19)30-12-27)21(35)28-10-14-3-2-4-16(8-14)20-23(37)34-25(38)33-20/h2-9,12,20H,10-11H2,1H3,(H,28,35)(H,29,36)(H2,27,30,31,32)(H2,33,34,37,38). The number of carbonyl (C=O) groups is 4. The number of nitrogens with one attached hydrogen (secondary N) is 6. The topological polar surface area (TPSA) is 181 Å². The van der Waals surface area contributed by atoms with Crippen LogP contribution in [0, 0.1) is 18.2 Å². The maximum Gasteiger partial charge on any atom is 0.322 e. The number of benzene rings is 2. The van der Waals surface area contributed by atoms with Crippen LogP contribution in [0.5, 0.6) is 0 Å². The van der Waals surface area contributed by atoms with E-state index in [1.807, 2.05) is 0 Å². The van der Waals surface area contributed by atoms with Gasteiger partial charge in [0.05, 0.1) is 0 Å². The van der Waals surface area contributed by atoms with Crippen LogP contribution in [0.4, 0.5) is 9.18 Å². The lowest BCUT2D eigenvalue weighted by Crippen LogP contribution is -2.31. The minimum Gasteiger partial charge on any atom is -0.347 e. The highest BCUT2D eigenvalue weighted by Crippen LogP contribution is 2.18. The van der Waals surface area contributed by atoms with Gasteiger partial charge in [-0.1, -0.05) is 36.4 Å². The van der Waals surface area contributed by atoms with E-state index in [9.17, 15) is 23.6 Å². The number of urea groups is 1. The van der Waals surface area contributed by atoms with Crippen molar-refractivity contribution < 1.29 is 23.6 Å². The van der Waals surface area contributed by atoms with Gasteiger partial charge >= 0.3 is 6.03 Å². The Morgan fingerprint density at radius 1 is 1.08 bits per heavy atom. The third-order valence-electron chi connectivity index (χ3n) is 5.61. The molecule has 1 aliphatic heterocycles. The van der Waals surface area contributed by atoms with Crippen LogP contribution in [0.15, 0.2) is 53.5 Å². The summed E-state index contributed by atoms with van der Waals surface area (Å²) in [7, 11) is 0. The van der Waals surface area contributed by atoms with E-state index in [1.165, 1.54) is 12.1 Å². The molecule has 3 aromatic rings. The Hall–Kier alpha value is -5.20. The summed E-state index contributed by atoms with van der Waals surface area (Å²) < 4.78 is 13.5. The first-order chi connectivity index (χ1) is 18.2. The zero-order valence-corrected chi connectivity index (χ0v) is 20.1. The minimum atomic E-state index is -0.824. The number of hydrogen-bond donors (Lipinski definition) is 6. The highest BCUT2D eigenvalue weighted by molar-refractivity contribution is 6.04. The Labute approximate surface area is 215 Å². The first-order valence-electron chi connectivity index (χ1n) is 11.4. The molecule has 6 N–H and O–H groups in total. The van der Waals surface area contributed by atoms with E-state index in [2.05, 4.69) is 36.2 Å². The lowest BCUT2D eigenvalue weighted by atomic mass is 10.0. The molecule has 1 fully saturated rings. The third-order valence-corrected chi connectivity index (χ3v) is 5.61. The van der Waals surface area contributed by atoms with Crippen molar-refractivity contribution in [3.8, 4) is 0 Å². The highest BCUT2D eigenvalue weighted by Gasteiger charge is 2.30. The lowest BCUT2D eigenvalue weighted by Gasteiger charge is -2.11. The molecule has 2 heterocycles. The molecule has 0 aliphatic carbocycles. The van der Waals surface area contributed by atoms with Crippen molar-refractivity contribution in [3.05, 3.63) is 93.6 Å². The molecule has 1 atom stereocenters. The molecule has 12 nitrogen and oxygen atoms in total. The summed E-state index contributed by atoms with van der Waals surface area (Å²) in [4.78, 5) is 59.4. The fourth-order valence-electron chi connectivity index (χ4n) is 3.73. The van der Waals surface area contributed by atoms with Crippen LogP contribution >= 0.6 is 0 Å². The number of hydrogen-bond acceptors (Lipinski definition) is 6. The summed E-state index contributed by atoms with van der Waals surface area (Å²) in [5.41, 5.74) is 2.07. The number of imide groups is 1. The number of halogens is 1. The van der Waals surface area contributed by atoms with Gasteiger partial charge in [0.1, 0.15) is 29.6 Å². The van der Waals surface area contributed by atoms with E-state index < -0.39 is 29.8 Å². The molecule has 0 bridgehead atoms. The quantitative estimate of drug-likeness (QED) is 0.148. The first-order valence-corrected chi connectivity index (χ1v) is 11.4. The number of carbonyl (C=O) groups excluding carboxylic acids is 4. The van der Waals surface area contributed by atoms with Crippen molar-refractivity contribution in [1.82, 2.24) is 31.2 Å². The molecule has 1 saturated heterocycles. The maximum atomic E-state index is 13.5. The van der Waals surface area contributed by atoms with E-state index in [1.54, 1.807) is 43.3 Å². The van der Waals surface area contributed by atoms with Crippen LogP contribution in [-0.4, -0.2) is 40.1 Å². The van der Waals surface area contributed by atoms with Gasteiger partial charge in [-0.25, -0.2) is 19.2 Å². The van der Waals surface area contributed by atoms with Gasteiger partial charge in [0, 0.05) is 13.1 Å². The lowest BCUT2D eigenvalue weighted by molar-refractivity contribution is -0.120. The van der Waals surface area contributed by atoms with E-state index in [0.717, 1.165) is 0 Å². The second kappa shape index (κ2) is 11.2. The summed E-state index contributed by atoms with van der Waals surface area (Å²) >= 11 is 0. The molecule has 1 unspecified atom stereocenters. The van der Waals surface area contributed by atoms with E-state index in [0.29, 0.717) is 28.6 Å². The molecule has 194 valence electrons. The average molecular weight is 519 g/mol. The molecule has 38 heavy (non-hydrogen) atoms. The largest absolute Gasteiger partial charge is 0.347 e. The van der Waals surface area contributed by atoms with E-state index in [-0.39, 0.29) is 35.9 Å². The second-order valence-electron chi connectivity index (χ2n) is 8.35. The number of nitrogens with zero attached hydrogens (tertiary/aromatic N) is 2. The molecule has 13 heteroatoms. The van der Waals surface area contributed by atoms with Crippen LogP contribution in [0.1, 0.15) is 49.3 Å². The smallest absolute Gasteiger partial charge is 0.322 e. The maximum absolute atomic E-state index is 13.5. The number of aryl methyl sites for hydroxylation is 1. The van der Waals surface area contributed by atoms with Crippen LogP contribution in [-0.2, 0) is 17.9 Å². The Kier molecular flexibility index (Phi) is 7.66. The average Bonchev–Trinajstić information content (AvgIpc) is 3.25. The molecule has 1 aromatic heterocycles. The Bertz CT molecular complexity index is 1520. The molecule has 4 rings (SSSR count). The summed E-state index contributed by atoms with van der Waals surface area (Å²) in [5, 5.41) is 17.3. The van der Waals surface area contributed by atoms with Crippen molar-refractivity contribution in [2.75, 3.05) is 0 Å². The summed E-state index contributed by atoms with van der Waals surface area (Å²) in [6.07, 6.45) is 0.715. The van der Waals surface area contributed by atoms with Crippen molar-refractivity contribution in [2.45, 2.75) is 26.1 Å². The fourth-order valence-corrected chi connectivity index (χ4v) is 3.73. The third kappa shape index (κ3) is 6.13. The van der Waals surface area contributed by atoms with Gasteiger partial charge in [0.25, 0.3) is 17.7 Å². The predicted octanol–water partition coefficient (Wildman–Crippen LogP) is 1.11. The number of H-pyrrole nitrogens is 1. The van der Waals surface area contributed by atoms with Crippen molar-refractivity contribution in [1.29, 1.82) is 5.41 Å². The number of amides is 5. The van der Waals surface area contributed by atoms with Gasteiger partial charge in [-0.3, -0.25) is 25.1 Å². The van der Waals surface area contributed by atoms with Gasteiger partial charge in [-0.15, -0.1) is 0 Å². The molecular formula is C25H23FN8O4. The summed E-state index contributed by atoms with van der Waals surface area (Å²) in [6.45, 7) is 1.80. The Morgan fingerprint density at radius 3 is 2.50 bits per heavy atom. The normalized spacial score (nSPS) is 15.0. The predicted molar refractivity (Wildman–Crippen MR) is 132 cm³/mol. The SMILES string of the molecule is Cc1cc(CNC(=O)c2cc(C(=O)NCc3cccc(C4NC(=O)NC4=O)c3)n/c(=N/C=N)[nH]2)ccc1F. The van der Waals surface area contributed by atoms with Crippen molar-refractivity contribution in [2.24, 2.45) is 4.99 Å².